The lowest BCUT2D eigenvalue weighted by Gasteiger charge is -2.10. The van der Waals surface area contributed by atoms with Gasteiger partial charge in [0, 0.05) is 6.04 Å². The van der Waals surface area contributed by atoms with Crippen molar-refractivity contribution in [3.05, 3.63) is 5.89 Å². The summed E-state index contributed by atoms with van der Waals surface area (Å²) in [5.74, 6) is 0.723. The van der Waals surface area contributed by atoms with Crippen molar-refractivity contribution in [3.8, 4) is 0 Å². The fraction of sp³-hybridized carbons (Fsp3) is 0.700. The molecule has 0 atom stereocenters. The molecule has 1 amide bonds. The number of aromatic nitrogens is 2. The lowest BCUT2D eigenvalue weighted by atomic mass is 10.2. The smallest absolute Gasteiger partial charge is 0.277 e. The number of nitrogens with zero attached hydrogens (tertiary/aromatic N) is 2. The maximum atomic E-state index is 11.6. The molecule has 0 aromatic carbocycles. The number of amides is 1. The molecule has 0 unspecified atom stereocenters. The molecule has 6 nitrogen and oxygen atoms in total. The van der Waals surface area contributed by atoms with Gasteiger partial charge in [0.25, 0.3) is 5.22 Å². The number of thioether (sulfide) groups is 1. The van der Waals surface area contributed by atoms with Crippen LogP contribution in [0.5, 0.6) is 0 Å². The maximum absolute atomic E-state index is 11.6. The van der Waals surface area contributed by atoms with Crippen molar-refractivity contribution in [2.45, 2.75) is 43.5 Å². The predicted octanol–water partition coefficient (Wildman–Crippen LogP) is 0.679. The van der Waals surface area contributed by atoms with Gasteiger partial charge in [-0.3, -0.25) is 4.79 Å². The standard InChI is InChI=1S/C10H16N4O2S/c11-5-9-13-14-10(16-9)17-6-8(15)12-7-3-1-2-4-7/h7H,1-6,11H2,(H,12,15). The summed E-state index contributed by atoms with van der Waals surface area (Å²) in [6.07, 6.45) is 4.60. The van der Waals surface area contributed by atoms with E-state index in [2.05, 4.69) is 15.5 Å². The Hall–Kier alpha value is -1.08. The summed E-state index contributed by atoms with van der Waals surface area (Å²) in [7, 11) is 0. The molecule has 1 aromatic heterocycles. The Bertz CT molecular complexity index is 376. The number of hydrogen-bond donors (Lipinski definition) is 2. The van der Waals surface area contributed by atoms with Crippen LogP contribution in [-0.2, 0) is 11.3 Å². The fourth-order valence-electron chi connectivity index (χ4n) is 1.85. The van der Waals surface area contributed by atoms with Gasteiger partial charge >= 0.3 is 0 Å². The van der Waals surface area contributed by atoms with Crippen LogP contribution in [0.2, 0.25) is 0 Å². The normalized spacial score (nSPS) is 16.3. The van der Waals surface area contributed by atoms with Gasteiger partial charge < -0.3 is 15.5 Å². The highest BCUT2D eigenvalue weighted by molar-refractivity contribution is 7.99. The van der Waals surface area contributed by atoms with Crippen molar-refractivity contribution in [1.29, 1.82) is 0 Å². The first-order chi connectivity index (χ1) is 8.28. The summed E-state index contributed by atoms with van der Waals surface area (Å²) >= 11 is 1.24. The number of nitrogens with two attached hydrogens (primary N) is 1. The molecule has 0 spiro atoms. The van der Waals surface area contributed by atoms with Crippen LogP contribution in [0.15, 0.2) is 9.64 Å². The quantitative estimate of drug-likeness (QED) is 0.752. The molecule has 0 saturated heterocycles. The molecular formula is C10H16N4O2S. The lowest BCUT2D eigenvalue weighted by Crippen LogP contribution is -2.33. The van der Waals surface area contributed by atoms with Crippen molar-refractivity contribution in [3.63, 3.8) is 0 Å². The molecule has 3 N–H and O–H groups in total. The zero-order chi connectivity index (χ0) is 12.1. The highest BCUT2D eigenvalue weighted by Gasteiger charge is 2.17. The summed E-state index contributed by atoms with van der Waals surface area (Å²) in [4.78, 5) is 11.6. The minimum Gasteiger partial charge on any atom is -0.415 e. The van der Waals surface area contributed by atoms with E-state index in [-0.39, 0.29) is 12.5 Å². The van der Waals surface area contributed by atoms with Crippen LogP contribution in [0.3, 0.4) is 0 Å². The first kappa shape index (κ1) is 12.4. The summed E-state index contributed by atoms with van der Waals surface area (Å²) in [6.45, 7) is 0.224. The average Bonchev–Trinajstić information content (AvgIpc) is 2.96. The van der Waals surface area contributed by atoms with Gasteiger partial charge in [0.05, 0.1) is 12.3 Å². The van der Waals surface area contributed by atoms with E-state index in [4.69, 9.17) is 10.2 Å². The fourth-order valence-corrected chi connectivity index (χ4v) is 2.44. The molecule has 2 rings (SSSR count). The van der Waals surface area contributed by atoms with Gasteiger partial charge in [0.1, 0.15) is 0 Å². The van der Waals surface area contributed by atoms with E-state index in [1.165, 1.54) is 24.6 Å². The van der Waals surface area contributed by atoms with Crippen LogP contribution in [0.1, 0.15) is 31.6 Å². The first-order valence-corrected chi connectivity index (χ1v) is 6.71. The molecule has 0 aliphatic heterocycles. The summed E-state index contributed by atoms with van der Waals surface area (Å²) in [5, 5.41) is 10.9. The van der Waals surface area contributed by atoms with E-state index >= 15 is 0 Å². The molecule has 1 aliphatic rings. The highest BCUT2D eigenvalue weighted by atomic mass is 32.2. The van der Waals surface area contributed by atoms with Crippen LogP contribution in [0, 0.1) is 0 Å². The van der Waals surface area contributed by atoms with Crippen molar-refractivity contribution in [1.82, 2.24) is 15.5 Å². The maximum Gasteiger partial charge on any atom is 0.277 e. The van der Waals surface area contributed by atoms with E-state index in [9.17, 15) is 4.79 Å². The third-order valence-corrected chi connectivity index (χ3v) is 3.49. The third kappa shape index (κ3) is 3.71. The molecule has 1 saturated carbocycles. The molecule has 1 fully saturated rings. The van der Waals surface area contributed by atoms with Gasteiger partial charge in [-0.1, -0.05) is 24.6 Å². The minimum absolute atomic E-state index is 0.0226. The Morgan fingerprint density at radius 3 is 2.88 bits per heavy atom. The Morgan fingerprint density at radius 2 is 2.24 bits per heavy atom. The minimum atomic E-state index is 0.0226. The summed E-state index contributed by atoms with van der Waals surface area (Å²) < 4.78 is 5.19. The molecule has 1 heterocycles. The number of carbonyl (C=O) groups excluding carboxylic acids is 1. The van der Waals surface area contributed by atoms with E-state index in [1.807, 2.05) is 0 Å². The van der Waals surface area contributed by atoms with Crippen LogP contribution >= 0.6 is 11.8 Å². The van der Waals surface area contributed by atoms with Crippen LogP contribution in [0.25, 0.3) is 0 Å². The van der Waals surface area contributed by atoms with Crippen molar-refractivity contribution in [2.24, 2.45) is 5.73 Å². The van der Waals surface area contributed by atoms with Gasteiger partial charge in [-0.25, -0.2) is 0 Å². The number of carbonyl (C=O) groups is 1. The van der Waals surface area contributed by atoms with Crippen molar-refractivity contribution < 1.29 is 9.21 Å². The zero-order valence-electron chi connectivity index (χ0n) is 9.52. The molecule has 94 valence electrons. The molecule has 17 heavy (non-hydrogen) atoms. The monoisotopic (exact) mass is 256 g/mol. The largest absolute Gasteiger partial charge is 0.415 e. The molecule has 1 aliphatic carbocycles. The van der Waals surface area contributed by atoms with Crippen LogP contribution in [0.4, 0.5) is 0 Å². The van der Waals surface area contributed by atoms with Crippen molar-refractivity contribution >= 4 is 17.7 Å². The van der Waals surface area contributed by atoms with Gasteiger partial charge in [-0.05, 0) is 12.8 Å². The van der Waals surface area contributed by atoms with E-state index in [0.717, 1.165) is 12.8 Å². The van der Waals surface area contributed by atoms with E-state index < -0.39 is 0 Å². The third-order valence-electron chi connectivity index (χ3n) is 2.67. The van der Waals surface area contributed by atoms with Crippen LogP contribution < -0.4 is 11.1 Å². The Kier molecular flexibility index (Phi) is 4.38. The molecule has 1 aromatic rings. The Labute approximate surface area is 104 Å². The topological polar surface area (TPSA) is 94.0 Å². The molecule has 0 bridgehead atoms. The van der Waals surface area contributed by atoms with Gasteiger partial charge in [-0.15, -0.1) is 10.2 Å². The Balaban J connectivity index is 1.71. The molecule has 7 heteroatoms. The highest BCUT2D eigenvalue weighted by Crippen LogP contribution is 2.19. The number of nitrogens with one attached hydrogen (secondary N) is 1. The Morgan fingerprint density at radius 1 is 1.47 bits per heavy atom. The summed E-state index contributed by atoms with van der Waals surface area (Å²) in [6, 6.07) is 0.352. The van der Waals surface area contributed by atoms with Gasteiger partial charge in [0.2, 0.25) is 11.8 Å². The van der Waals surface area contributed by atoms with E-state index in [0.29, 0.717) is 22.9 Å². The average molecular weight is 256 g/mol. The first-order valence-electron chi connectivity index (χ1n) is 5.72. The van der Waals surface area contributed by atoms with Gasteiger partial charge in [-0.2, -0.15) is 0 Å². The SMILES string of the molecule is NCc1nnc(SCC(=O)NC2CCCC2)o1. The van der Waals surface area contributed by atoms with Crippen molar-refractivity contribution in [2.75, 3.05) is 5.75 Å². The van der Waals surface area contributed by atoms with E-state index in [1.54, 1.807) is 0 Å². The second-order valence-electron chi connectivity index (χ2n) is 4.00. The number of rotatable bonds is 5. The second-order valence-corrected chi connectivity index (χ2v) is 4.93. The predicted molar refractivity (Wildman–Crippen MR) is 63.3 cm³/mol. The van der Waals surface area contributed by atoms with Crippen LogP contribution in [-0.4, -0.2) is 27.9 Å². The lowest BCUT2D eigenvalue weighted by molar-refractivity contribution is -0.119. The molecular weight excluding hydrogens is 240 g/mol. The summed E-state index contributed by atoms with van der Waals surface area (Å²) in [5.41, 5.74) is 5.34. The van der Waals surface area contributed by atoms with Gasteiger partial charge in [0.15, 0.2) is 0 Å². The zero-order valence-corrected chi connectivity index (χ0v) is 10.3. The second kappa shape index (κ2) is 6.02. The molecule has 0 radical (unpaired) electrons. The number of hydrogen-bond acceptors (Lipinski definition) is 6.